The van der Waals surface area contributed by atoms with E-state index in [2.05, 4.69) is 29.4 Å². The SMILES string of the molecule is CCCCCN(CCCCC)[C@@H]1CCCC[C@H]1Nc1c(Nc2cc(C(F)(F)F)cc(C(F)(F)F)c2)c(=O)c1=O. The number of unbranched alkanes of at least 4 members (excludes halogenated alkanes) is 4. The lowest BCUT2D eigenvalue weighted by atomic mass is 9.88. The van der Waals surface area contributed by atoms with Gasteiger partial charge in [0.15, 0.2) is 0 Å². The molecule has 2 N–H and O–H groups in total. The van der Waals surface area contributed by atoms with Gasteiger partial charge < -0.3 is 10.6 Å². The molecule has 0 aromatic heterocycles. The summed E-state index contributed by atoms with van der Waals surface area (Å²) in [6.45, 7) is 6.08. The van der Waals surface area contributed by atoms with Gasteiger partial charge in [-0.15, -0.1) is 0 Å². The average molecular weight is 562 g/mol. The van der Waals surface area contributed by atoms with E-state index in [1.54, 1.807) is 0 Å². The van der Waals surface area contributed by atoms with Gasteiger partial charge in [0.1, 0.15) is 11.4 Å². The molecule has 2 aromatic rings. The fraction of sp³-hybridized carbons (Fsp3) is 0.643. The smallest absolute Gasteiger partial charge is 0.376 e. The zero-order chi connectivity index (χ0) is 28.8. The minimum Gasteiger partial charge on any atom is -0.376 e. The molecule has 218 valence electrons. The highest BCUT2D eigenvalue weighted by molar-refractivity contribution is 5.79. The maximum atomic E-state index is 13.3. The minimum absolute atomic E-state index is 0.0186. The van der Waals surface area contributed by atoms with E-state index < -0.39 is 40.0 Å². The van der Waals surface area contributed by atoms with E-state index in [-0.39, 0.29) is 29.5 Å². The Morgan fingerprint density at radius 2 is 1.28 bits per heavy atom. The number of nitrogens with one attached hydrogen (secondary N) is 2. The van der Waals surface area contributed by atoms with Crippen LogP contribution in [0.5, 0.6) is 0 Å². The van der Waals surface area contributed by atoms with Crippen molar-refractivity contribution in [3.05, 3.63) is 49.8 Å². The molecule has 0 spiro atoms. The lowest BCUT2D eigenvalue weighted by Gasteiger charge is -2.41. The third-order valence-corrected chi connectivity index (χ3v) is 7.39. The molecule has 0 unspecified atom stereocenters. The molecule has 5 nitrogen and oxygen atoms in total. The number of anilines is 3. The number of rotatable bonds is 13. The van der Waals surface area contributed by atoms with Crippen molar-refractivity contribution < 1.29 is 26.3 Å². The molecule has 1 fully saturated rings. The summed E-state index contributed by atoms with van der Waals surface area (Å²) in [5, 5.41) is 5.55. The second kappa shape index (κ2) is 13.2. The van der Waals surface area contributed by atoms with E-state index in [0.29, 0.717) is 12.1 Å². The van der Waals surface area contributed by atoms with E-state index in [1.165, 1.54) is 0 Å². The molecule has 0 bridgehead atoms. The Morgan fingerprint density at radius 1 is 0.769 bits per heavy atom. The van der Waals surface area contributed by atoms with Crippen LogP contribution in [0.1, 0.15) is 89.2 Å². The first-order valence-electron chi connectivity index (χ1n) is 13.8. The van der Waals surface area contributed by atoms with E-state index in [4.69, 9.17) is 0 Å². The van der Waals surface area contributed by atoms with Crippen LogP contribution in [0.2, 0.25) is 0 Å². The van der Waals surface area contributed by atoms with Crippen LogP contribution in [0.15, 0.2) is 27.8 Å². The molecule has 1 aliphatic rings. The largest absolute Gasteiger partial charge is 0.416 e. The van der Waals surface area contributed by atoms with E-state index in [1.807, 2.05) is 0 Å². The number of benzene rings is 1. The number of halogens is 6. The van der Waals surface area contributed by atoms with Gasteiger partial charge in [-0.05, 0) is 57.0 Å². The Labute approximate surface area is 224 Å². The molecule has 2 aromatic carbocycles. The fourth-order valence-corrected chi connectivity index (χ4v) is 5.30. The van der Waals surface area contributed by atoms with Gasteiger partial charge in [-0.2, -0.15) is 26.3 Å². The molecular weight excluding hydrogens is 524 g/mol. The van der Waals surface area contributed by atoms with Crippen LogP contribution in [-0.4, -0.2) is 30.1 Å². The molecule has 0 aliphatic heterocycles. The van der Waals surface area contributed by atoms with Crippen molar-refractivity contribution >= 4 is 17.1 Å². The first-order valence-corrected chi connectivity index (χ1v) is 13.8. The average Bonchev–Trinajstić information content (AvgIpc) is 2.89. The predicted molar refractivity (Wildman–Crippen MR) is 141 cm³/mol. The topological polar surface area (TPSA) is 61.4 Å². The zero-order valence-electron chi connectivity index (χ0n) is 22.4. The molecule has 0 saturated heterocycles. The quantitative estimate of drug-likeness (QED) is 0.151. The van der Waals surface area contributed by atoms with Gasteiger partial charge in [-0.1, -0.05) is 52.4 Å². The van der Waals surface area contributed by atoms with E-state index in [0.717, 1.165) is 77.3 Å². The van der Waals surface area contributed by atoms with Crippen LogP contribution in [0.4, 0.5) is 43.4 Å². The van der Waals surface area contributed by atoms with E-state index >= 15 is 0 Å². The molecule has 2 atom stereocenters. The van der Waals surface area contributed by atoms with Gasteiger partial charge in [-0.3, -0.25) is 14.5 Å². The Bertz CT molecular complexity index is 1110. The van der Waals surface area contributed by atoms with Crippen molar-refractivity contribution in [1.82, 2.24) is 4.90 Å². The fourth-order valence-electron chi connectivity index (χ4n) is 5.30. The first-order chi connectivity index (χ1) is 18.4. The zero-order valence-corrected chi connectivity index (χ0v) is 22.4. The number of hydrogen-bond acceptors (Lipinski definition) is 5. The highest BCUT2D eigenvalue weighted by Gasteiger charge is 2.38. The third kappa shape index (κ3) is 7.99. The Hall–Kier alpha value is -2.56. The van der Waals surface area contributed by atoms with Gasteiger partial charge in [0.2, 0.25) is 0 Å². The highest BCUT2D eigenvalue weighted by atomic mass is 19.4. The Kier molecular flexibility index (Phi) is 10.5. The molecule has 0 amide bonds. The molecule has 0 heterocycles. The maximum Gasteiger partial charge on any atom is 0.416 e. The first kappa shape index (κ1) is 31.0. The van der Waals surface area contributed by atoms with Crippen LogP contribution in [0.25, 0.3) is 0 Å². The van der Waals surface area contributed by atoms with Gasteiger partial charge in [0.05, 0.1) is 11.1 Å². The number of nitrogens with zero attached hydrogens (tertiary/aromatic N) is 1. The lowest BCUT2D eigenvalue weighted by molar-refractivity contribution is -0.143. The second-order valence-corrected chi connectivity index (χ2v) is 10.4. The Morgan fingerprint density at radius 3 is 1.79 bits per heavy atom. The van der Waals surface area contributed by atoms with Crippen molar-refractivity contribution in [3.63, 3.8) is 0 Å². The standard InChI is InChI=1S/C28H37F6N3O2/c1-3-5-9-13-37(14-10-6-4-2)22-12-8-7-11-21(22)36-24-23(25(38)26(24)39)35-20-16-18(27(29,30)31)15-19(17-20)28(32,33)34/h15-17,21-22,35-36H,3-14H2,1-2H3/t21-,22-/m1/s1. The van der Waals surface area contributed by atoms with Crippen LogP contribution < -0.4 is 21.5 Å². The summed E-state index contributed by atoms with van der Waals surface area (Å²) < 4.78 is 79.7. The third-order valence-electron chi connectivity index (χ3n) is 7.39. The van der Waals surface area contributed by atoms with Crippen molar-refractivity contribution in [2.75, 3.05) is 23.7 Å². The summed E-state index contributed by atoms with van der Waals surface area (Å²) in [5.41, 5.74) is -5.75. The van der Waals surface area contributed by atoms with Crippen LogP contribution in [0, 0.1) is 0 Å². The summed E-state index contributed by atoms with van der Waals surface area (Å²) in [6, 6.07) is 0.962. The van der Waals surface area contributed by atoms with Crippen LogP contribution >= 0.6 is 0 Å². The van der Waals surface area contributed by atoms with Crippen molar-refractivity contribution in [1.29, 1.82) is 0 Å². The molecular formula is C28H37F6N3O2. The summed E-state index contributed by atoms with van der Waals surface area (Å²) in [7, 11) is 0. The normalized spacial score (nSPS) is 18.6. The maximum absolute atomic E-state index is 13.3. The van der Waals surface area contributed by atoms with E-state index in [9.17, 15) is 35.9 Å². The minimum atomic E-state index is -5.03. The predicted octanol–water partition coefficient (Wildman–Crippen LogP) is 7.47. The molecule has 39 heavy (non-hydrogen) atoms. The Balaban J connectivity index is 1.86. The van der Waals surface area contributed by atoms with Gasteiger partial charge >= 0.3 is 12.4 Å². The lowest BCUT2D eigenvalue weighted by Crippen LogP contribution is -2.51. The summed E-state index contributed by atoms with van der Waals surface area (Å²) in [6.07, 6.45) is -0.0586. The second-order valence-electron chi connectivity index (χ2n) is 10.4. The molecule has 11 heteroatoms. The summed E-state index contributed by atoms with van der Waals surface area (Å²) >= 11 is 0. The summed E-state index contributed by atoms with van der Waals surface area (Å²) in [5.74, 6) is 0. The van der Waals surface area contributed by atoms with Crippen molar-refractivity contribution in [2.24, 2.45) is 0 Å². The van der Waals surface area contributed by atoms with Crippen LogP contribution in [0.3, 0.4) is 0 Å². The number of hydrogen-bond donors (Lipinski definition) is 2. The summed E-state index contributed by atoms with van der Waals surface area (Å²) in [4.78, 5) is 27.3. The van der Waals surface area contributed by atoms with Gasteiger partial charge in [-0.25, -0.2) is 0 Å². The molecule has 1 aliphatic carbocycles. The highest BCUT2D eigenvalue weighted by Crippen LogP contribution is 2.38. The monoisotopic (exact) mass is 561 g/mol. The van der Waals surface area contributed by atoms with Gasteiger partial charge in [0, 0.05) is 17.8 Å². The van der Waals surface area contributed by atoms with Crippen molar-refractivity contribution in [2.45, 2.75) is 102 Å². The number of alkyl halides is 6. The molecule has 3 rings (SSSR count). The van der Waals surface area contributed by atoms with Crippen molar-refractivity contribution in [3.8, 4) is 0 Å². The van der Waals surface area contributed by atoms with Crippen LogP contribution in [-0.2, 0) is 12.4 Å². The molecule has 1 saturated carbocycles. The molecule has 0 radical (unpaired) electrons. The van der Waals surface area contributed by atoms with Gasteiger partial charge in [0.25, 0.3) is 10.9 Å².